The van der Waals surface area contributed by atoms with Crippen molar-refractivity contribution in [1.82, 2.24) is 15.6 Å². The van der Waals surface area contributed by atoms with Crippen molar-refractivity contribution < 1.29 is 12.8 Å². The van der Waals surface area contributed by atoms with Gasteiger partial charge >= 0.3 is 0 Å². The molecule has 1 aliphatic rings. The number of halogens is 2. The molecule has 0 spiro atoms. The Kier molecular flexibility index (Phi) is 7.47. The minimum Gasteiger partial charge on any atom is -0.384 e. The minimum absolute atomic E-state index is 0.148. The van der Waals surface area contributed by atoms with Crippen LogP contribution in [0.25, 0.3) is 0 Å². The fourth-order valence-corrected chi connectivity index (χ4v) is 4.88. The molecule has 4 N–H and O–H groups in total. The third-order valence-electron chi connectivity index (χ3n) is 4.38. The van der Waals surface area contributed by atoms with Crippen LogP contribution in [0.15, 0.2) is 28.6 Å². The summed E-state index contributed by atoms with van der Waals surface area (Å²) in [6, 6.07) is 2.82. The zero-order chi connectivity index (χ0) is 20.0. The molecule has 2 aromatic rings. The molecule has 1 saturated heterocycles. The number of thiazole rings is 1. The molecule has 3 rings (SSSR count). The van der Waals surface area contributed by atoms with Gasteiger partial charge in [0.2, 0.25) is 0 Å². The van der Waals surface area contributed by atoms with Gasteiger partial charge in [0.05, 0.1) is 10.7 Å². The zero-order valence-electron chi connectivity index (χ0n) is 15.2. The first-order valence-electron chi connectivity index (χ1n) is 9.05. The number of sulfonamides is 1. The van der Waals surface area contributed by atoms with Crippen LogP contribution in [0.1, 0.15) is 19.3 Å². The van der Waals surface area contributed by atoms with Crippen molar-refractivity contribution in [2.45, 2.75) is 30.2 Å². The highest BCUT2D eigenvalue weighted by Crippen LogP contribution is 2.29. The summed E-state index contributed by atoms with van der Waals surface area (Å²) in [7, 11) is -4.10. The van der Waals surface area contributed by atoms with Gasteiger partial charge in [-0.3, -0.25) is 4.72 Å². The van der Waals surface area contributed by atoms with Gasteiger partial charge in [0, 0.05) is 30.7 Å². The molecule has 1 aromatic carbocycles. The van der Waals surface area contributed by atoms with Crippen molar-refractivity contribution in [2.24, 2.45) is 0 Å². The van der Waals surface area contributed by atoms with E-state index < -0.39 is 20.7 Å². The van der Waals surface area contributed by atoms with Gasteiger partial charge in [-0.2, -0.15) is 0 Å². The molecule has 1 aliphatic heterocycles. The fourth-order valence-electron chi connectivity index (χ4n) is 2.71. The molecule has 0 saturated carbocycles. The molecule has 0 amide bonds. The van der Waals surface area contributed by atoms with Crippen LogP contribution in [-0.4, -0.2) is 45.6 Å². The summed E-state index contributed by atoms with van der Waals surface area (Å²) in [5, 5.41) is 11.7. The van der Waals surface area contributed by atoms with Gasteiger partial charge in [-0.25, -0.2) is 17.8 Å². The summed E-state index contributed by atoms with van der Waals surface area (Å²) >= 11 is 7.26. The Morgan fingerprint density at radius 3 is 2.79 bits per heavy atom. The molecule has 0 radical (unpaired) electrons. The summed E-state index contributed by atoms with van der Waals surface area (Å²) in [4.78, 5) is 3.33. The number of unbranched alkanes of at least 4 members (excludes halogenated alkanes) is 1. The van der Waals surface area contributed by atoms with E-state index in [-0.39, 0.29) is 10.2 Å². The van der Waals surface area contributed by atoms with Crippen molar-refractivity contribution in [2.75, 3.05) is 36.2 Å². The third kappa shape index (κ3) is 5.77. The molecule has 7 nitrogen and oxygen atoms in total. The first-order valence-corrected chi connectivity index (χ1v) is 11.8. The monoisotopic (exact) mass is 447 g/mol. The summed E-state index contributed by atoms with van der Waals surface area (Å²) in [6.45, 7) is 3.62. The van der Waals surface area contributed by atoms with Crippen LogP contribution in [-0.2, 0) is 10.0 Å². The van der Waals surface area contributed by atoms with E-state index in [4.69, 9.17) is 11.6 Å². The number of benzene rings is 1. The molecule has 11 heteroatoms. The van der Waals surface area contributed by atoms with E-state index in [9.17, 15) is 12.8 Å². The number of aromatic nitrogens is 1. The summed E-state index contributed by atoms with van der Waals surface area (Å²) in [6.07, 6.45) is 4.54. The average molecular weight is 448 g/mol. The van der Waals surface area contributed by atoms with Crippen LogP contribution in [0, 0.1) is 5.82 Å². The predicted molar refractivity (Wildman–Crippen MR) is 111 cm³/mol. The van der Waals surface area contributed by atoms with Gasteiger partial charge in [0.1, 0.15) is 10.7 Å². The summed E-state index contributed by atoms with van der Waals surface area (Å²) in [5.41, 5.74) is 0.374. The van der Waals surface area contributed by atoms with Crippen LogP contribution in [0.3, 0.4) is 0 Å². The van der Waals surface area contributed by atoms with Crippen molar-refractivity contribution in [3.63, 3.8) is 0 Å². The molecule has 0 bridgehead atoms. The first kappa shape index (κ1) is 21.3. The highest BCUT2D eigenvalue weighted by atomic mass is 35.5. The largest absolute Gasteiger partial charge is 0.384 e. The van der Waals surface area contributed by atoms with Crippen molar-refractivity contribution in [3.05, 3.63) is 34.5 Å². The summed E-state index contributed by atoms with van der Waals surface area (Å²) < 4.78 is 41.3. The maximum absolute atomic E-state index is 14.4. The molecule has 0 unspecified atom stereocenters. The standard InChI is InChI=1S/C17H23ClFN5O2S2/c18-13-9-16(28(25,26)24-17-23-7-8-27-17)14(19)10-15(13)22-5-2-1-4-20-11-12-3-6-21-12/h7-10,12,20-22H,1-6,11H2,(H,23,24)/t12-/m0/s1. The summed E-state index contributed by atoms with van der Waals surface area (Å²) in [5.74, 6) is -0.870. The topological polar surface area (TPSA) is 95.2 Å². The van der Waals surface area contributed by atoms with E-state index in [1.807, 2.05) is 0 Å². The van der Waals surface area contributed by atoms with Crippen LogP contribution in [0.4, 0.5) is 15.2 Å². The average Bonchev–Trinajstić information content (AvgIpc) is 3.10. The second kappa shape index (κ2) is 9.84. The molecule has 1 fully saturated rings. The normalized spacial score (nSPS) is 16.6. The SMILES string of the molecule is O=S(=O)(Nc1nccs1)c1cc(Cl)c(NCCCCNC[C@@H]2CCN2)cc1F. The van der Waals surface area contributed by atoms with Crippen molar-refractivity contribution in [3.8, 4) is 0 Å². The lowest BCUT2D eigenvalue weighted by molar-refractivity contribution is 0.353. The Morgan fingerprint density at radius 1 is 1.32 bits per heavy atom. The van der Waals surface area contributed by atoms with E-state index in [1.165, 1.54) is 12.6 Å². The number of hydrogen-bond acceptors (Lipinski definition) is 7. The molecule has 2 heterocycles. The van der Waals surface area contributed by atoms with Crippen LogP contribution in [0.5, 0.6) is 0 Å². The van der Waals surface area contributed by atoms with E-state index in [2.05, 4.69) is 25.7 Å². The zero-order valence-corrected chi connectivity index (χ0v) is 17.6. The van der Waals surface area contributed by atoms with Gasteiger partial charge in [-0.15, -0.1) is 11.3 Å². The lowest BCUT2D eigenvalue weighted by atomic mass is 10.1. The molecular weight excluding hydrogens is 425 g/mol. The second-order valence-corrected chi connectivity index (χ2v) is 9.44. The van der Waals surface area contributed by atoms with E-state index in [1.54, 1.807) is 5.38 Å². The van der Waals surface area contributed by atoms with E-state index in [0.717, 1.165) is 55.9 Å². The van der Waals surface area contributed by atoms with Gasteiger partial charge in [0.15, 0.2) is 5.13 Å². The Balaban J connectivity index is 1.48. The lowest BCUT2D eigenvalue weighted by Crippen LogP contribution is -2.49. The van der Waals surface area contributed by atoms with Crippen LogP contribution in [0.2, 0.25) is 5.02 Å². The molecule has 1 aromatic heterocycles. The van der Waals surface area contributed by atoms with Crippen LogP contribution < -0.4 is 20.7 Å². The van der Waals surface area contributed by atoms with Gasteiger partial charge in [-0.1, -0.05) is 11.6 Å². The van der Waals surface area contributed by atoms with Crippen LogP contribution >= 0.6 is 22.9 Å². The highest BCUT2D eigenvalue weighted by Gasteiger charge is 2.22. The maximum atomic E-state index is 14.4. The first-order chi connectivity index (χ1) is 13.5. The van der Waals surface area contributed by atoms with Crippen molar-refractivity contribution >= 4 is 43.8 Å². The number of nitrogens with zero attached hydrogens (tertiary/aromatic N) is 1. The molecular formula is C17H23ClFN5O2S2. The molecule has 1 atom stereocenters. The molecule has 28 heavy (non-hydrogen) atoms. The number of anilines is 2. The second-order valence-electron chi connectivity index (χ2n) is 6.48. The lowest BCUT2D eigenvalue weighted by Gasteiger charge is -2.27. The Morgan fingerprint density at radius 2 is 2.11 bits per heavy atom. The molecule has 0 aliphatic carbocycles. The van der Waals surface area contributed by atoms with Gasteiger partial charge in [0.25, 0.3) is 10.0 Å². The predicted octanol–water partition coefficient (Wildman–Crippen LogP) is 2.88. The maximum Gasteiger partial charge on any atom is 0.266 e. The quantitative estimate of drug-likeness (QED) is 0.396. The smallest absolute Gasteiger partial charge is 0.266 e. The number of nitrogens with one attached hydrogen (secondary N) is 4. The fraction of sp³-hybridized carbons (Fsp3) is 0.471. The van der Waals surface area contributed by atoms with E-state index >= 15 is 0 Å². The van der Waals surface area contributed by atoms with Crippen molar-refractivity contribution in [1.29, 1.82) is 0 Å². The Bertz CT molecular complexity index is 876. The Labute approximate surface area is 173 Å². The minimum atomic E-state index is -4.10. The van der Waals surface area contributed by atoms with Gasteiger partial charge < -0.3 is 16.0 Å². The Hall–Kier alpha value is -1.46. The third-order valence-corrected chi connectivity index (χ3v) is 6.86. The van der Waals surface area contributed by atoms with E-state index in [0.29, 0.717) is 18.3 Å². The molecule has 154 valence electrons. The van der Waals surface area contributed by atoms with Gasteiger partial charge in [-0.05, 0) is 44.5 Å². The number of hydrogen-bond donors (Lipinski definition) is 4. The number of rotatable bonds is 11. The highest BCUT2D eigenvalue weighted by molar-refractivity contribution is 7.93.